The van der Waals surface area contributed by atoms with Gasteiger partial charge in [0.1, 0.15) is 0 Å². The number of nitrogens with zero attached hydrogens (tertiary/aromatic N) is 1. The molecule has 0 saturated carbocycles. The Balaban J connectivity index is 2.00. The van der Waals surface area contributed by atoms with E-state index in [1.54, 1.807) is 36.4 Å². The molecule has 7 heteroatoms. The number of rotatable bonds is 7. The van der Waals surface area contributed by atoms with Crippen LogP contribution in [0.3, 0.4) is 0 Å². The molecular formula is C17H19ClN2O3S. The second kappa shape index (κ2) is 8.28. The van der Waals surface area contributed by atoms with E-state index in [1.807, 2.05) is 18.2 Å². The van der Waals surface area contributed by atoms with Crippen molar-refractivity contribution in [1.82, 2.24) is 4.31 Å². The van der Waals surface area contributed by atoms with Crippen molar-refractivity contribution in [2.24, 2.45) is 0 Å². The van der Waals surface area contributed by atoms with Crippen molar-refractivity contribution in [3.05, 3.63) is 65.2 Å². The SMILES string of the molecule is CS(=O)(=O)N(CCC(=O)Nc1ccccc1)Cc1ccccc1Cl. The Kier molecular flexibility index (Phi) is 6.36. The summed E-state index contributed by atoms with van der Waals surface area (Å²) in [7, 11) is -3.45. The van der Waals surface area contributed by atoms with Gasteiger partial charge in [0.05, 0.1) is 6.26 Å². The second-order valence-corrected chi connectivity index (χ2v) is 7.74. The Bertz CT molecular complexity index is 794. The minimum Gasteiger partial charge on any atom is -0.326 e. The Morgan fingerprint density at radius 1 is 1.08 bits per heavy atom. The maximum absolute atomic E-state index is 12.0. The van der Waals surface area contributed by atoms with Gasteiger partial charge in [-0.2, -0.15) is 4.31 Å². The molecule has 0 bridgehead atoms. The molecule has 2 aromatic carbocycles. The predicted molar refractivity (Wildman–Crippen MR) is 96.4 cm³/mol. The van der Waals surface area contributed by atoms with Crippen LogP contribution < -0.4 is 5.32 Å². The van der Waals surface area contributed by atoms with Crippen LogP contribution in [-0.2, 0) is 21.4 Å². The summed E-state index contributed by atoms with van der Waals surface area (Å²) in [6, 6.07) is 16.1. The number of carbonyl (C=O) groups is 1. The van der Waals surface area contributed by atoms with E-state index in [4.69, 9.17) is 11.6 Å². The van der Waals surface area contributed by atoms with Crippen molar-refractivity contribution in [3.8, 4) is 0 Å². The summed E-state index contributed by atoms with van der Waals surface area (Å²) >= 11 is 6.09. The van der Waals surface area contributed by atoms with Gasteiger partial charge in [-0.1, -0.05) is 48.0 Å². The first kappa shape index (κ1) is 18.4. The van der Waals surface area contributed by atoms with Crippen molar-refractivity contribution in [2.45, 2.75) is 13.0 Å². The van der Waals surface area contributed by atoms with Crippen LogP contribution in [-0.4, -0.2) is 31.4 Å². The van der Waals surface area contributed by atoms with Crippen LogP contribution in [0.1, 0.15) is 12.0 Å². The Morgan fingerprint density at radius 3 is 2.33 bits per heavy atom. The number of benzene rings is 2. The van der Waals surface area contributed by atoms with Crippen molar-refractivity contribution in [2.75, 3.05) is 18.1 Å². The van der Waals surface area contributed by atoms with Gasteiger partial charge in [0.15, 0.2) is 0 Å². The summed E-state index contributed by atoms with van der Waals surface area (Å²) in [6.45, 7) is 0.222. The number of hydrogen-bond donors (Lipinski definition) is 1. The van der Waals surface area contributed by atoms with Gasteiger partial charge in [-0.05, 0) is 23.8 Å². The molecular weight excluding hydrogens is 348 g/mol. The number of nitrogens with one attached hydrogen (secondary N) is 1. The van der Waals surface area contributed by atoms with Crippen LogP contribution in [0, 0.1) is 0 Å². The van der Waals surface area contributed by atoms with Gasteiger partial charge in [-0.15, -0.1) is 0 Å². The fraction of sp³-hybridized carbons (Fsp3) is 0.235. The lowest BCUT2D eigenvalue weighted by molar-refractivity contribution is -0.116. The largest absolute Gasteiger partial charge is 0.326 e. The first-order valence-electron chi connectivity index (χ1n) is 7.39. The van der Waals surface area contributed by atoms with Crippen molar-refractivity contribution in [3.63, 3.8) is 0 Å². The minimum absolute atomic E-state index is 0.0619. The Morgan fingerprint density at radius 2 is 1.71 bits per heavy atom. The van der Waals surface area contributed by atoms with Crippen LogP contribution in [0.4, 0.5) is 5.69 Å². The first-order valence-corrected chi connectivity index (χ1v) is 9.62. The average Bonchev–Trinajstić information content (AvgIpc) is 2.53. The van der Waals surface area contributed by atoms with E-state index in [2.05, 4.69) is 5.32 Å². The zero-order valence-corrected chi connectivity index (χ0v) is 14.8. The molecule has 0 spiro atoms. The number of hydrogen-bond acceptors (Lipinski definition) is 3. The summed E-state index contributed by atoms with van der Waals surface area (Å²) in [5.74, 6) is -0.242. The zero-order chi connectivity index (χ0) is 17.6. The van der Waals surface area contributed by atoms with Crippen LogP contribution >= 0.6 is 11.6 Å². The van der Waals surface area contributed by atoms with E-state index in [0.29, 0.717) is 16.3 Å². The maximum atomic E-state index is 12.0. The van der Waals surface area contributed by atoms with Gasteiger partial charge in [0.2, 0.25) is 15.9 Å². The number of para-hydroxylation sites is 1. The number of halogens is 1. The molecule has 0 fully saturated rings. The van der Waals surface area contributed by atoms with Crippen molar-refractivity contribution < 1.29 is 13.2 Å². The fourth-order valence-corrected chi connectivity index (χ4v) is 3.14. The maximum Gasteiger partial charge on any atom is 0.225 e. The lowest BCUT2D eigenvalue weighted by Crippen LogP contribution is -2.32. The lowest BCUT2D eigenvalue weighted by atomic mass is 10.2. The van der Waals surface area contributed by atoms with Crippen LogP contribution in [0.25, 0.3) is 0 Å². The molecule has 0 heterocycles. The van der Waals surface area contributed by atoms with Gasteiger partial charge in [-0.3, -0.25) is 4.79 Å². The molecule has 1 amide bonds. The normalized spacial score (nSPS) is 11.5. The topological polar surface area (TPSA) is 66.5 Å². The van der Waals surface area contributed by atoms with Crippen LogP contribution in [0.2, 0.25) is 5.02 Å². The molecule has 2 aromatic rings. The molecule has 2 rings (SSSR count). The van der Waals surface area contributed by atoms with Gasteiger partial charge in [0.25, 0.3) is 0 Å². The molecule has 0 aliphatic heterocycles. The van der Waals surface area contributed by atoms with Crippen molar-refractivity contribution in [1.29, 1.82) is 0 Å². The molecule has 0 atom stereocenters. The highest BCUT2D eigenvalue weighted by Crippen LogP contribution is 2.18. The van der Waals surface area contributed by atoms with E-state index in [0.717, 1.165) is 6.26 Å². The van der Waals surface area contributed by atoms with Crippen LogP contribution in [0.15, 0.2) is 54.6 Å². The highest BCUT2D eigenvalue weighted by Gasteiger charge is 2.19. The summed E-state index contributed by atoms with van der Waals surface area (Å²) in [5, 5.41) is 3.24. The van der Waals surface area contributed by atoms with Gasteiger partial charge < -0.3 is 5.32 Å². The third-order valence-corrected chi connectivity index (χ3v) is 5.04. The van der Waals surface area contributed by atoms with E-state index in [1.165, 1.54) is 4.31 Å². The monoisotopic (exact) mass is 366 g/mol. The van der Waals surface area contributed by atoms with Gasteiger partial charge in [-0.25, -0.2) is 8.42 Å². The van der Waals surface area contributed by atoms with E-state index < -0.39 is 10.0 Å². The highest BCUT2D eigenvalue weighted by molar-refractivity contribution is 7.88. The van der Waals surface area contributed by atoms with E-state index in [9.17, 15) is 13.2 Å². The smallest absolute Gasteiger partial charge is 0.225 e. The number of anilines is 1. The lowest BCUT2D eigenvalue weighted by Gasteiger charge is -2.20. The summed E-state index contributed by atoms with van der Waals surface area (Å²) in [6.07, 6.45) is 1.19. The predicted octanol–water partition coefficient (Wildman–Crippen LogP) is 3.13. The molecule has 0 unspecified atom stereocenters. The first-order chi connectivity index (χ1) is 11.4. The fourth-order valence-electron chi connectivity index (χ4n) is 2.15. The number of carbonyl (C=O) groups excluding carboxylic acids is 1. The quantitative estimate of drug-likeness (QED) is 0.818. The van der Waals surface area contributed by atoms with Crippen molar-refractivity contribution >= 4 is 33.2 Å². The molecule has 24 heavy (non-hydrogen) atoms. The number of amides is 1. The second-order valence-electron chi connectivity index (χ2n) is 5.35. The Hall–Kier alpha value is -1.89. The van der Waals surface area contributed by atoms with E-state index >= 15 is 0 Å². The third kappa shape index (κ3) is 5.63. The summed E-state index contributed by atoms with van der Waals surface area (Å²) in [4.78, 5) is 12.0. The molecule has 128 valence electrons. The van der Waals surface area contributed by atoms with E-state index in [-0.39, 0.29) is 25.4 Å². The minimum atomic E-state index is -3.45. The molecule has 1 N–H and O–H groups in total. The molecule has 0 aliphatic carbocycles. The van der Waals surface area contributed by atoms with Crippen LogP contribution in [0.5, 0.6) is 0 Å². The summed E-state index contributed by atoms with van der Waals surface area (Å²) < 4.78 is 25.2. The standard InChI is InChI=1S/C17H19ClN2O3S/c1-24(22,23)20(13-14-7-5-6-10-16(14)18)12-11-17(21)19-15-8-3-2-4-9-15/h2-10H,11-13H2,1H3,(H,19,21). The Labute approximate surface area is 147 Å². The zero-order valence-electron chi connectivity index (χ0n) is 13.3. The molecule has 0 aliphatic rings. The third-order valence-electron chi connectivity index (χ3n) is 3.42. The van der Waals surface area contributed by atoms with Gasteiger partial charge >= 0.3 is 0 Å². The molecule has 5 nitrogen and oxygen atoms in total. The molecule has 0 radical (unpaired) electrons. The average molecular weight is 367 g/mol. The highest BCUT2D eigenvalue weighted by atomic mass is 35.5. The molecule has 0 aromatic heterocycles. The number of sulfonamides is 1. The van der Waals surface area contributed by atoms with Gasteiger partial charge in [0, 0.05) is 30.2 Å². The summed E-state index contributed by atoms with van der Waals surface area (Å²) in [5.41, 5.74) is 1.38. The molecule has 0 saturated heterocycles.